The highest BCUT2D eigenvalue weighted by molar-refractivity contribution is 9.10. The molecule has 0 heterocycles. The van der Waals surface area contributed by atoms with E-state index in [0.29, 0.717) is 0 Å². The zero-order valence-corrected chi connectivity index (χ0v) is 14.6. The number of sulfone groups is 1. The molecule has 0 unspecified atom stereocenters. The van der Waals surface area contributed by atoms with Crippen LogP contribution in [0, 0.1) is 0 Å². The van der Waals surface area contributed by atoms with E-state index >= 15 is 0 Å². The van der Waals surface area contributed by atoms with Gasteiger partial charge in [-0.2, -0.15) is 0 Å². The lowest BCUT2D eigenvalue weighted by Gasteiger charge is -2.15. The van der Waals surface area contributed by atoms with Gasteiger partial charge < -0.3 is 5.32 Å². The van der Waals surface area contributed by atoms with Gasteiger partial charge in [0.1, 0.15) is 0 Å². The Balaban J connectivity index is 2.25. The zero-order chi connectivity index (χ0) is 16.3. The fraction of sp³-hybridized carbons (Fsp3) is 0.188. The Bertz CT molecular complexity index is 785. The molecule has 0 spiro atoms. The zero-order valence-electron chi connectivity index (χ0n) is 12.2. The quantitative estimate of drug-likeness (QED) is 0.882. The summed E-state index contributed by atoms with van der Waals surface area (Å²) in [5.41, 5.74) is 1.10. The Morgan fingerprint density at radius 1 is 1.09 bits per heavy atom. The van der Waals surface area contributed by atoms with Gasteiger partial charge in [0.2, 0.25) is 0 Å². The standard InChI is InChI=1S/C16H16BrNO3S/c1-11(12-7-9-13(17)10-8-12)18-16(19)14-5-3-4-6-15(14)22(2,20)21/h3-11H,1-2H3,(H,18,19)/t11-/m1/s1. The lowest BCUT2D eigenvalue weighted by atomic mass is 10.1. The highest BCUT2D eigenvalue weighted by atomic mass is 79.9. The summed E-state index contributed by atoms with van der Waals surface area (Å²) in [5.74, 6) is -0.406. The number of rotatable bonds is 4. The normalized spacial score (nSPS) is 12.7. The van der Waals surface area contributed by atoms with E-state index in [-0.39, 0.29) is 16.5 Å². The minimum Gasteiger partial charge on any atom is -0.345 e. The third kappa shape index (κ3) is 3.96. The van der Waals surface area contributed by atoms with Crippen molar-refractivity contribution in [2.45, 2.75) is 17.9 Å². The number of hydrogen-bond donors (Lipinski definition) is 1. The molecular weight excluding hydrogens is 366 g/mol. The van der Waals surface area contributed by atoms with Crippen LogP contribution < -0.4 is 5.32 Å². The molecule has 0 saturated carbocycles. The molecule has 0 aromatic heterocycles. The van der Waals surface area contributed by atoms with Crippen LogP contribution in [0.2, 0.25) is 0 Å². The topological polar surface area (TPSA) is 63.2 Å². The van der Waals surface area contributed by atoms with Crippen LogP contribution in [0.1, 0.15) is 28.9 Å². The maximum atomic E-state index is 12.4. The van der Waals surface area contributed by atoms with Crippen LogP contribution in [0.5, 0.6) is 0 Å². The van der Waals surface area contributed by atoms with E-state index < -0.39 is 15.7 Å². The summed E-state index contributed by atoms with van der Waals surface area (Å²) in [4.78, 5) is 12.4. The molecule has 6 heteroatoms. The van der Waals surface area contributed by atoms with Crippen molar-refractivity contribution in [1.29, 1.82) is 0 Å². The van der Waals surface area contributed by atoms with E-state index in [1.54, 1.807) is 12.1 Å². The van der Waals surface area contributed by atoms with Crippen molar-refractivity contribution >= 4 is 31.7 Å². The summed E-state index contributed by atoms with van der Waals surface area (Å²) >= 11 is 3.36. The van der Waals surface area contributed by atoms with Crippen molar-refractivity contribution in [2.75, 3.05) is 6.26 Å². The molecule has 0 saturated heterocycles. The third-order valence-electron chi connectivity index (χ3n) is 3.25. The van der Waals surface area contributed by atoms with Crippen molar-refractivity contribution in [3.63, 3.8) is 0 Å². The van der Waals surface area contributed by atoms with E-state index in [4.69, 9.17) is 0 Å². The van der Waals surface area contributed by atoms with Crippen molar-refractivity contribution in [2.24, 2.45) is 0 Å². The minimum absolute atomic E-state index is 0.0375. The van der Waals surface area contributed by atoms with Gasteiger partial charge in [-0.05, 0) is 36.8 Å². The van der Waals surface area contributed by atoms with Crippen LogP contribution in [0.4, 0.5) is 0 Å². The van der Waals surface area contributed by atoms with E-state index in [1.807, 2.05) is 31.2 Å². The smallest absolute Gasteiger partial charge is 0.253 e. The Kier molecular flexibility index (Phi) is 5.03. The molecular formula is C16H16BrNO3S. The van der Waals surface area contributed by atoms with Gasteiger partial charge in [0.25, 0.3) is 5.91 Å². The monoisotopic (exact) mass is 381 g/mol. The van der Waals surface area contributed by atoms with Crippen LogP contribution >= 0.6 is 15.9 Å². The molecule has 4 nitrogen and oxygen atoms in total. The minimum atomic E-state index is -3.45. The Morgan fingerprint density at radius 3 is 2.27 bits per heavy atom. The van der Waals surface area contributed by atoms with Crippen LogP contribution in [-0.2, 0) is 9.84 Å². The van der Waals surface area contributed by atoms with Crippen molar-refractivity contribution in [3.8, 4) is 0 Å². The second-order valence-corrected chi connectivity index (χ2v) is 7.91. The molecule has 0 aliphatic carbocycles. The first-order valence-electron chi connectivity index (χ1n) is 6.64. The molecule has 0 bridgehead atoms. The van der Waals surface area contributed by atoms with E-state index in [1.165, 1.54) is 12.1 Å². The summed E-state index contributed by atoms with van der Waals surface area (Å²) in [5, 5.41) is 2.83. The second-order valence-electron chi connectivity index (χ2n) is 5.02. The van der Waals surface area contributed by atoms with E-state index in [2.05, 4.69) is 21.2 Å². The summed E-state index contributed by atoms with van der Waals surface area (Å²) in [7, 11) is -3.45. The number of benzene rings is 2. The Labute approximate surface area is 138 Å². The number of carbonyl (C=O) groups excluding carboxylic acids is 1. The molecule has 0 radical (unpaired) electrons. The Morgan fingerprint density at radius 2 is 1.68 bits per heavy atom. The lowest BCUT2D eigenvalue weighted by molar-refractivity contribution is 0.0936. The number of halogens is 1. The number of carbonyl (C=O) groups is 1. The van der Waals surface area contributed by atoms with Gasteiger partial charge in [-0.3, -0.25) is 4.79 Å². The van der Waals surface area contributed by atoms with Crippen LogP contribution in [-0.4, -0.2) is 20.6 Å². The third-order valence-corrected chi connectivity index (χ3v) is 4.93. The maximum absolute atomic E-state index is 12.4. The van der Waals surface area contributed by atoms with Crippen molar-refractivity contribution < 1.29 is 13.2 Å². The van der Waals surface area contributed by atoms with E-state index in [9.17, 15) is 13.2 Å². The van der Waals surface area contributed by atoms with Gasteiger partial charge in [0.05, 0.1) is 16.5 Å². The molecule has 1 amide bonds. The van der Waals surface area contributed by atoms with Crippen LogP contribution in [0.25, 0.3) is 0 Å². The highest BCUT2D eigenvalue weighted by Gasteiger charge is 2.19. The van der Waals surface area contributed by atoms with Gasteiger partial charge >= 0.3 is 0 Å². The molecule has 2 aromatic carbocycles. The SMILES string of the molecule is C[C@@H](NC(=O)c1ccccc1S(C)(=O)=O)c1ccc(Br)cc1. The summed E-state index contributed by atoms with van der Waals surface area (Å²) in [6.45, 7) is 1.85. The number of nitrogens with one attached hydrogen (secondary N) is 1. The van der Waals surface area contributed by atoms with Gasteiger partial charge in [-0.15, -0.1) is 0 Å². The number of amides is 1. The molecule has 116 valence electrons. The first-order valence-corrected chi connectivity index (χ1v) is 9.33. The van der Waals surface area contributed by atoms with Crippen LogP contribution in [0.3, 0.4) is 0 Å². The molecule has 1 N–H and O–H groups in total. The summed E-state index contributed by atoms with van der Waals surface area (Å²) in [6.07, 6.45) is 1.09. The number of hydrogen-bond acceptors (Lipinski definition) is 3. The molecule has 0 fully saturated rings. The van der Waals surface area contributed by atoms with Crippen LogP contribution in [0.15, 0.2) is 57.9 Å². The highest BCUT2D eigenvalue weighted by Crippen LogP contribution is 2.19. The predicted octanol–water partition coefficient (Wildman–Crippen LogP) is 3.34. The largest absolute Gasteiger partial charge is 0.345 e. The van der Waals surface area contributed by atoms with Crippen molar-refractivity contribution in [1.82, 2.24) is 5.32 Å². The second kappa shape index (κ2) is 6.62. The van der Waals surface area contributed by atoms with Gasteiger partial charge in [0.15, 0.2) is 9.84 Å². The molecule has 1 atom stereocenters. The fourth-order valence-electron chi connectivity index (χ4n) is 2.09. The first kappa shape index (κ1) is 16.7. The van der Waals surface area contributed by atoms with Crippen molar-refractivity contribution in [3.05, 3.63) is 64.1 Å². The maximum Gasteiger partial charge on any atom is 0.253 e. The molecule has 0 aliphatic heterocycles. The summed E-state index contributed by atoms with van der Waals surface area (Å²) < 4.78 is 24.5. The summed E-state index contributed by atoms with van der Waals surface area (Å²) in [6, 6.07) is 13.6. The molecule has 22 heavy (non-hydrogen) atoms. The molecule has 2 aromatic rings. The lowest BCUT2D eigenvalue weighted by Crippen LogP contribution is -2.28. The molecule has 0 aliphatic rings. The van der Waals surface area contributed by atoms with Gasteiger partial charge in [-0.1, -0.05) is 40.2 Å². The first-order chi connectivity index (χ1) is 10.3. The average Bonchev–Trinajstić information content (AvgIpc) is 2.47. The predicted molar refractivity (Wildman–Crippen MR) is 89.6 cm³/mol. The average molecular weight is 382 g/mol. The fourth-order valence-corrected chi connectivity index (χ4v) is 3.24. The Hall–Kier alpha value is -1.66. The van der Waals surface area contributed by atoms with E-state index in [0.717, 1.165) is 16.3 Å². The van der Waals surface area contributed by atoms with Gasteiger partial charge in [-0.25, -0.2) is 8.42 Å². The molecule has 2 rings (SSSR count). The van der Waals surface area contributed by atoms with Gasteiger partial charge in [0, 0.05) is 10.7 Å².